The molecule has 0 atom stereocenters. The van der Waals surface area contributed by atoms with E-state index in [0.29, 0.717) is 5.75 Å². The van der Waals surface area contributed by atoms with Gasteiger partial charge in [-0.15, -0.1) is 0 Å². The quantitative estimate of drug-likeness (QED) is 0.674. The van der Waals surface area contributed by atoms with Gasteiger partial charge in [0.1, 0.15) is 5.75 Å². The first kappa shape index (κ1) is 12.9. The van der Waals surface area contributed by atoms with E-state index in [1.165, 1.54) is 31.5 Å². The fourth-order valence-electron chi connectivity index (χ4n) is 1.36. The predicted octanol–water partition coefficient (Wildman–Crippen LogP) is 1.71. The van der Waals surface area contributed by atoms with Crippen LogP contribution in [0.3, 0.4) is 0 Å². The van der Waals surface area contributed by atoms with Crippen LogP contribution < -0.4 is 10.1 Å². The minimum absolute atomic E-state index is 0.138. The first-order valence-electron chi connectivity index (χ1n) is 5.03. The molecule has 1 amide bonds. The molecule has 1 aromatic heterocycles. The topological polar surface area (TPSA) is 107 Å². The summed E-state index contributed by atoms with van der Waals surface area (Å²) in [6, 6.07) is 3.92. The van der Waals surface area contributed by atoms with Crippen LogP contribution in [-0.2, 0) is 0 Å². The highest BCUT2D eigenvalue weighted by molar-refractivity contribution is 6.99. The Morgan fingerprint density at radius 2 is 2.32 bits per heavy atom. The van der Waals surface area contributed by atoms with Crippen molar-refractivity contribution in [3.8, 4) is 5.75 Å². The molecule has 8 nitrogen and oxygen atoms in total. The third-order valence-electron chi connectivity index (χ3n) is 2.24. The van der Waals surface area contributed by atoms with Crippen LogP contribution in [0.15, 0.2) is 24.4 Å². The van der Waals surface area contributed by atoms with Gasteiger partial charge in [-0.1, -0.05) is 0 Å². The van der Waals surface area contributed by atoms with Crippen LogP contribution in [0.2, 0.25) is 0 Å². The van der Waals surface area contributed by atoms with Crippen molar-refractivity contribution in [1.82, 2.24) is 8.75 Å². The van der Waals surface area contributed by atoms with Crippen molar-refractivity contribution >= 4 is 29.0 Å². The van der Waals surface area contributed by atoms with Crippen molar-refractivity contribution in [3.63, 3.8) is 0 Å². The van der Waals surface area contributed by atoms with Crippen molar-refractivity contribution in [2.24, 2.45) is 0 Å². The van der Waals surface area contributed by atoms with Crippen molar-refractivity contribution in [3.05, 3.63) is 40.2 Å². The largest absolute Gasteiger partial charge is 0.495 e. The Morgan fingerprint density at radius 3 is 2.89 bits per heavy atom. The van der Waals surface area contributed by atoms with E-state index in [2.05, 4.69) is 14.1 Å². The van der Waals surface area contributed by atoms with Gasteiger partial charge in [-0.25, -0.2) is 0 Å². The van der Waals surface area contributed by atoms with Crippen molar-refractivity contribution in [2.45, 2.75) is 0 Å². The molecule has 0 aliphatic carbocycles. The minimum Gasteiger partial charge on any atom is -0.495 e. The SMILES string of the molecule is COc1ccc([N+](=O)[O-])cc1NC(=O)c1cnsn1. The lowest BCUT2D eigenvalue weighted by Gasteiger charge is -2.08. The summed E-state index contributed by atoms with van der Waals surface area (Å²) in [6.45, 7) is 0. The molecule has 0 aliphatic rings. The molecule has 1 aromatic carbocycles. The zero-order chi connectivity index (χ0) is 13.8. The number of ether oxygens (including phenoxy) is 1. The number of hydrogen-bond donors (Lipinski definition) is 1. The van der Waals surface area contributed by atoms with E-state index in [-0.39, 0.29) is 17.1 Å². The van der Waals surface area contributed by atoms with Gasteiger partial charge < -0.3 is 10.1 Å². The van der Waals surface area contributed by atoms with Gasteiger partial charge in [0.25, 0.3) is 11.6 Å². The smallest absolute Gasteiger partial charge is 0.277 e. The molecule has 98 valence electrons. The average Bonchev–Trinajstić information content (AvgIpc) is 2.92. The number of non-ortho nitro benzene ring substituents is 1. The standard InChI is InChI=1S/C10H8N4O4S/c1-18-9-3-2-6(14(16)17)4-7(9)12-10(15)8-5-11-19-13-8/h2-5H,1H3,(H,12,15). The third-order valence-corrected chi connectivity index (χ3v) is 2.71. The van der Waals surface area contributed by atoms with E-state index in [9.17, 15) is 14.9 Å². The van der Waals surface area contributed by atoms with Gasteiger partial charge >= 0.3 is 0 Å². The van der Waals surface area contributed by atoms with Gasteiger partial charge in [0.2, 0.25) is 0 Å². The van der Waals surface area contributed by atoms with E-state index in [4.69, 9.17) is 4.74 Å². The summed E-state index contributed by atoms with van der Waals surface area (Å²) in [5.41, 5.74) is 0.195. The first-order chi connectivity index (χ1) is 9.11. The molecule has 19 heavy (non-hydrogen) atoms. The van der Waals surface area contributed by atoms with Gasteiger partial charge in [0, 0.05) is 12.1 Å². The molecule has 1 heterocycles. The lowest BCUT2D eigenvalue weighted by molar-refractivity contribution is -0.384. The monoisotopic (exact) mass is 280 g/mol. The Hall–Kier alpha value is -2.55. The predicted molar refractivity (Wildman–Crippen MR) is 67.5 cm³/mol. The summed E-state index contributed by atoms with van der Waals surface area (Å²) in [6.07, 6.45) is 1.31. The second-order valence-electron chi connectivity index (χ2n) is 3.39. The Labute approximate surface area is 111 Å². The molecule has 0 fully saturated rings. The normalized spacial score (nSPS) is 9.95. The highest BCUT2D eigenvalue weighted by atomic mass is 32.1. The van der Waals surface area contributed by atoms with Gasteiger partial charge in [-0.05, 0) is 6.07 Å². The average molecular weight is 280 g/mol. The number of rotatable bonds is 4. The Morgan fingerprint density at radius 1 is 1.53 bits per heavy atom. The maximum Gasteiger partial charge on any atom is 0.277 e. The molecular formula is C10H8N4O4S. The number of nitro benzene ring substituents is 1. The van der Waals surface area contributed by atoms with Crippen molar-refractivity contribution in [2.75, 3.05) is 12.4 Å². The lowest BCUT2D eigenvalue weighted by Crippen LogP contribution is -2.13. The summed E-state index contributed by atoms with van der Waals surface area (Å²) in [7, 11) is 1.40. The number of hydrogen-bond acceptors (Lipinski definition) is 7. The van der Waals surface area contributed by atoms with Gasteiger partial charge in [-0.2, -0.15) is 8.75 Å². The van der Waals surface area contributed by atoms with E-state index in [1.54, 1.807) is 0 Å². The molecule has 0 saturated heterocycles. The Balaban J connectivity index is 2.30. The van der Waals surface area contributed by atoms with Crippen LogP contribution in [0.1, 0.15) is 10.5 Å². The van der Waals surface area contributed by atoms with Gasteiger partial charge in [-0.3, -0.25) is 14.9 Å². The highest BCUT2D eigenvalue weighted by Gasteiger charge is 2.15. The number of nitrogens with zero attached hydrogens (tertiary/aromatic N) is 3. The third kappa shape index (κ3) is 2.83. The van der Waals surface area contributed by atoms with Crippen LogP contribution in [-0.4, -0.2) is 26.7 Å². The van der Waals surface area contributed by atoms with E-state index >= 15 is 0 Å². The number of benzene rings is 1. The minimum atomic E-state index is -0.556. The number of nitrogens with one attached hydrogen (secondary N) is 1. The summed E-state index contributed by atoms with van der Waals surface area (Å²) in [4.78, 5) is 21.9. The number of anilines is 1. The number of amides is 1. The maximum atomic E-state index is 11.8. The molecule has 1 N–H and O–H groups in total. The van der Waals surface area contributed by atoms with Crippen molar-refractivity contribution < 1.29 is 14.5 Å². The van der Waals surface area contributed by atoms with Crippen LogP contribution in [0.25, 0.3) is 0 Å². The molecule has 0 bridgehead atoms. The summed E-state index contributed by atoms with van der Waals surface area (Å²) >= 11 is 0.896. The molecule has 0 aliphatic heterocycles. The summed E-state index contributed by atoms with van der Waals surface area (Å²) in [5, 5.41) is 13.2. The summed E-state index contributed by atoms with van der Waals surface area (Å²) in [5.74, 6) is -0.185. The second kappa shape index (κ2) is 5.40. The molecule has 0 unspecified atom stereocenters. The Bertz CT molecular complexity index is 614. The molecule has 0 radical (unpaired) electrons. The van der Waals surface area contributed by atoms with E-state index < -0.39 is 10.8 Å². The fourth-order valence-corrected chi connectivity index (χ4v) is 1.77. The molecule has 2 aromatic rings. The van der Waals surface area contributed by atoms with E-state index in [0.717, 1.165) is 11.7 Å². The van der Waals surface area contributed by atoms with Crippen LogP contribution >= 0.6 is 11.7 Å². The Kier molecular flexibility index (Phi) is 3.66. The zero-order valence-corrected chi connectivity index (χ0v) is 10.5. The zero-order valence-electron chi connectivity index (χ0n) is 9.69. The van der Waals surface area contributed by atoms with Gasteiger partial charge in [0.05, 0.1) is 35.6 Å². The number of aromatic nitrogens is 2. The van der Waals surface area contributed by atoms with E-state index in [1.807, 2.05) is 0 Å². The summed E-state index contributed by atoms with van der Waals surface area (Å²) < 4.78 is 12.5. The number of carbonyl (C=O) groups is 1. The van der Waals surface area contributed by atoms with Crippen LogP contribution in [0.5, 0.6) is 5.75 Å². The van der Waals surface area contributed by atoms with Gasteiger partial charge in [0.15, 0.2) is 5.69 Å². The fraction of sp³-hybridized carbons (Fsp3) is 0.100. The van der Waals surface area contributed by atoms with Crippen LogP contribution in [0, 0.1) is 10.1 Å². The molecule has 2 rings (SSSR count). The second-order valence-corrected chi connectivity index (χ2v) is 3.95. The molecule has 9 heteroatoms. The first-order valence-corrected chi connectivity index (χ1v) is 5.76. The van der Waals surface area contributed by atoms with Crippen molar-refractivity contribution in [1.29, 1.82) is 0 Å². The lowest BCUT2D eigenvalue weighted by atomic mass is 10.2. The molecule has 0 spiro atoms. The molecule has 0 saturated carbocycles. The molecular weight excluding hydrogens is 272 g/mol. The number of methoxy groups -OCH3 is 1. The maximum absolute atomic E-state index is 11.8. The van der Waals surface area contributed by atoms with Crippen LogP contribution in [0.4, 0.5) is 11.4 Å². The number of nitro groups is 1. The highest BCUT2D eigenvalue weighted by Crippen LogP contribution is 2.29. The number of carbonyl (C=O) groups excluding carboxylic acids is 1.